The predicted octanol–water partition coefficient (Wildman–Crippen LogP) is 3.63. The lowest BCUT2D eigenvalue weighted by molar-refractivity contribution is -0.146. The van der Waals surface area contributed by atoms with Gasteiger partial charge in [-0.15, -0.1) is 0 Å². The Morgan fingerprint density at radius 2 is 1.78 bits per heavy atom. The van der Waals surface area contributed by atoms with E-state index in [0.29, 0.717) is 13.1 Å². The summed E-state index contributed by atoms with van der Waals surface area (Å²) in [5, 5.41) is 0. The van der Waals surface area contributed by atoms with Crippen molar-refractivity contribution in [1.29, 1.82) is 0 Å². The molecule has 1 rings (SSSR count). The number of anilines is 1. The number of unbranched alkanes of at least 4 members (excludes halogenated alkanes) is 1. The van der Waals surface area contributed by atoms with Crippen LogP contribution in [-0.2, 0) is 9.59 Å². The molecule has 0 saturated carbocycles. The Bertz CT molecular complexity index is 552. The highest BCUT2D eigenvalue weighted by molar-refractivity contribution is 6.10. The summed E-state index contributed by atoms with van der Waals surface area (Å²) in [5.41, 5.74) is 0.870. The molecule has 0 bridgehead atoms. The summed E-state index contributed by atoms with van der Waals surface area (Å²) in [6.07, 6.45) is 1.97. The average Bonchev–Trinajstić information content (AvgIpc) is 2.52. The molecule has 128 valence electrons. The van der Waals surface area contributed by atoms with E-state index in [1.807, 2.05) is 38.1 Å². The number of rotatable bonds is 7. The highest BCUT2D eigenvalue weighted by Crippen LogP contribution is 2.26. The van der Waals surface area contributed by atoms with Gasteiger partial charge in [-0.3, -0.25) is 9.59 Å². The Labute approximate surface area is 140 Å². The summed E-state index contributed by atoms with van der Waals surface area (Å²) in [7, 11) is 1.77. The number of carbonyl (C=O) groups is 2. The summed E-state index contributed by atoms with van der Waals surface area (Å²) in [5.74, 6) is -0.277. The highest BCUT2D eigenvalue weighted by Gasteiger charge is 2.40. The summed E-state index contributed by atoms with van der Waals surface area (Å²) in [4.78, 5) is 29.1. The van der Waals surface area contributed by atoms with E-state index >= 15 is 0 Å². The van der Waals surface area contributed by atoms with E-state index in [0.717, 1.165) is 24.1 Å². The maximum atomic E-state index is 13.0. The van der Waals surface area contributed by atoms with E-state index in [-0.39, 0.29) is 11.8 Å². The number of benzene rings is 1. The molecule has 0 unspecified atom stereocenters. The first-order valence-corrected chi connectivity index (χ1v) is 8.39. The lowest BCUT2D eigenvalue weighted by Gasteiger charge is -2.33. The van der Waals surface area contributed by atoms with Gasteiger partial charge < -0.3 is 9.80 Å². The van der Waals surface area contributed by atoms with Gasteiger partial charge in [-0.25, -0.2) is 0 Å². The predicted molar refractivity (Wildman–Crippen MR) is 95.5 cm³/mol. The molecular weight excluding hydrogens is 288 g/mol. The molecule has 0 atom stereocenters. The van der Waals surface area contributed by atoms with Crippen molar-refractivity contribution in [3.05, 3.63) is 29.8 Å². The summed E-state index contributed by atoms with van der Waals surface area (Å²) >= 11 is 0. The van der Waals surface area contributed by atoms with Crippen molar-refractivity contribution < 1.29 is 9.59 Å². The van der Waals surface area contributed by atoms with Crippen LogP contribution in [-0.4, -0.2) is 36.9 Å². The van der Waals surface area contributed by atoms with Crippen LogP contribution in [0.4, 0.5) is 5.69 Å². The fraction of sp³-hybridized carbons (Fsp3) is 0.579. The number of aryl methyl sites for hydroxylation is 1. The minimum Gasteiger partial charge on any atom is -0.345 e. The zero-order valence-corrected chi connectivity index (χ0v) is 15.3. The van der Waals surface area contributed by atoms with Crippen molar-refractivity contribution in [3.8, 4) is 0 Å². The molecule has 0 fully saturated rings. The molecule has 0 aliphatic heterocycles. The van der Waals surface area contributed by atoms with Crippen LogP contribution < -0.4 is 4.90 Å². The summed E-state index contributed by atoms with van der Waals surface area (Å²) < 4.78 is 0. The van der Waals surface area contributed by atoms with Crippen LogP contribution in [0.2, 0.25) is 0 Å². The molecule has 0 N–H and O–H groups in total. The number of hydrogen-bond donors (Lipinski definition) is 0. The van der Waals surface area contributed by atoms with E-state index in [9.17, 15) is 9.59 Å². The van der Waals surface area contributed by atoms with Crippen molar-refractivity contribution in [2.24, 2.45) is 5.41 Å². The fourth-order valence-corrected chi connectivity index (χ4v) is 2.64. The lowest BCUT2D eigenvalue weighted by atomic mass is 9.89. The molecule has 1 aromatic rings. The van der Waals surface area contributed by atoms with E-state index < -0.39 is 5.41 Å². The molecule has 2 amide bonds. The number of nitrogens with zero attached hydrogens (tertiary/aromatic N) is 2. The van der Waals surface area contributed by atoms with Crippen LogP contribution in [0.3, 0.4) is 0 Å². The van der Waals surface area contributed by atoms with Gasteiger partial charge in [-0.1, -0.05) is 25.5 Å². The zero-order chi connectivity index (χ0) is 17.6. The quantitative estimate of drug-likeness (QED) is 0.720. The Kier molecular flexibility index (Phi) is 6.79. The molecule has 23 heavy (non-hydrogen) atoms. The van der Waals surface area contributed by atoms with Gasteiger partial charge in [-0.05, 0) is 51.8 Å². The first-order valence-electron chi connectivity index (χ1n) is 8.39. The number of amides is 2. The molecular formula is C19H30N2O2. The van der Waals surface area contributed by atoms with Gasteiger partial charge in [0.25, 0.3) is 0 Å². The summed E-state index contributed by atoms with van der Waals surface area (Å²) in [6, 6.07) is 7.82. The zero-order valence-electron chi connectivity index (χ0n) is 15.3. The van der Waals surface area contributed by atoms with Gasteiger partial charge in [0.05, 0.1) is 0 Å². The van der Waals surface area contributed by atoms with Crippen LogP contribution in [0, 0.1) is 12.3 Å². The Balaban J connectivity index is 3.00. The van der Waals surface area contributed by atoms with Crippen molar-refractivity contribution in [2.75, 3.05) is 25.0 Å². The van der Waals surface area contributed by atoms with Crippen molar-refractivity contribution >= 4 is 17.5 Å². The maximum absolute atomic E-state index is 13.0. The van der Waals surface area contributed by atoms with Crippen LogP contribution in [0.5, 0.6) is 0 Å². The van der Waals surface area contributed by atoms with Gasteiger partial charge in [0.1, 0.15) is 5.41 Å². The molecule has 0 heterocycles. The first kappa shape index (κ1) is 19.2. The molecule has 4 nitrogen and oxygen atoms in total. The summed E-state index contributed by atoms with van der Waals surface area (Å²) in [6.45, 7) is 10.7. The molecule has 0 aliphatic rings. The van der Waals surface area contributed by atoms with Crippen molar-refractivity contribution in [3.63, 3.8) is 0 Å². The van der Waals surface area contributed by atoms with Crippen LogP contribution in [0.1, 0.15) is 46.1 Å². The Hall–Kier alpha value is -1.84. The smallest absolute Gasteiger partial charge is 0.242 e. The molecule has 0 saturated heterocycles. The molecule has 0 aromatic heterocycles. The molecule has 0 spiro atoms. The normalized spacial score (nSPS) is 11.2. The number of carbonyl (C=O) groups excluding carboxylic acids is 2. The standard InChI is InChI=1S/C19H30N2O2/c1-7-9-13-20(6)17(22)19(4,5)18(23)21(8-2)16-12-10-11-15(3)14-16/h10-12,14H,7-9,13H2,1-6H3. The van der Waals surface area contributed by atoms with E-state index in [1.54, 1.807) is 30.7 Å². The maximum Gasteiger partial charge on any atom is 0.242 e. The van der Waals surface area contributed by atoms with Crippen LogP contribution in [0.25, 0.3) is 0 Å². The third kappa shape index (κ3) is 4.57. The van der Waals surface area contributed by atoms with E-state index in [2.05, 4.69) is 6.92 Å². The highest BCUT2D eigenvalue weighted by atomic mass is 16.2. The van der Waals surface area contributed by atoms with Gasteiger partial charge in [0.15, 0.2) is 0 Å². The van der Waals surface area contributed by atoms with Gasteiger partial charge in [0.2, 0.25) is 11.8 Å². The van der Waals surface area contributed by atoms with Crippen LogP contribution >= 0.6 is 0 Å². The largest absolute Gasteiger partial charge is 0.345 e. The SMILES string of the molecule is CCCCN(C)C(=O)C(C)(C)C(=O)N(CC)c1cccc(C)c1. The topological polar surface area (TPSA) is 40.6 Å². The van der Waals surface area contributed by atoms with Crippen LogP contribution in [0.15, 0.2) is 24.3 Å². The Morgan fingerprint density at radius 3 is 2.30 bits per heavy atom. The Morgan fingerprint density at radius 1 is 1.13 bits per heavy atom. The van der Waals surface area contributed by atoms with Crippen molar-refractivity contribution in [2.45, 2.75) is 47.5 Å². The minimum absolute atomic E-state index is 0.123. The van der Waals surface area contributed by atoms with Gasteiger partial charge in [0, 0.05) is 25.8 Å². The van der Waals surface area contributed by atoms with Gasteiger partial charge in [-0.2, -0.15) is 0 Å². The van der Waals surface area contributed by atoms with E-state index in [4.69, 9.17) is 0 Å². The monoisotopic (exact) mass is 318 g/mol. The fourth-order valence-electron chi connectivity index (χ4n) is 2.64. The second-order valence-corrected chi connectivity index (χ2v) is 6.59. The molecule has 4 heteroatoms. The average molecular weight is 318 g/mol. The lowest BCUT2D eigenvalue weighted by Crippen LogP contribution is -2.50. The molecule has 0 radical (unpaired) electrons. The minimum atomic E-state index is -1.07. The van der Waals surface area contributed by atoms with E-state index in [1.165, 1.54) is 0 Å². The number of hydrogen-bond acceptors (Lipinski definition) is 2. The van der Waals surface area contributed by atoms with Gasteiger partial charge >= 0.3 is 0 Å². The van der Waals surface area contributed by atoms with Crippen molar-refractivity contribution in [1.82, 2.24) is 4.90 Å². The first-order chi connectivity index (χ1) is 10.8. The second kappa shape index (κ2) is 8.14. The third-order valence-electron chi connectivity index (χ3n) is 4.14. The molecule has 1 aromatic carbocycles. The molecule has 0 aliphatic carbocycles. The third-order valence-corrected chi connectivity index (χ3v) is 4.14. The second-order valence-electron chi connectivity index (χ2n) is 6.59.